The molecule has 162 valence electrons. The second kappa shape index (κ2) is 12.0. The van der Waals surface area contributed by atoms with Crippen molar-refractivity contribution in [1.82, 2.24) is 14.9 Å². The first kappa shape index (κ1) is 23.4. The predicted octanol–water partition coefficient (Wildman–Crippen LogP) is 6.27. The highest BCUT2D eigenvalue weighted by Gasteiger charge is 2.20. The van der Waals surface area contributed by atoms with Crippen LogP contribution < -0.4 is 5.32 Å². The number of aryl methyl sites for hydroxylation is 2. The molecule has 2 rings (SSSR count). The third kappa shape index (κ3) is 7.83. The predicted molar refractivity (Wildman–Crippen MR) is 123 cm³/mol. The van der Waals surface area contributed by atoms with Gasteiger partial charge in [-0.25, -0.2) is 4.98 Å². The summed E-state index contributed by atoms with van der Waals surface area (Å²) in [7, 11) is 0. The summed E-state index contributed by atoms with van der Waals surface area (Å²) in [5.74, 6) is 1.27. The number of hydrogen-bond donors (Lipinski definition) is 1. The molecule has 1 heterocycles. The van der Waals surface area contributed by atoms with Gasteiger partial charge in [0.15, 0.2) is 0 Å². The Kier molecular flexibility index (Phi) is 9.69. The summed E-state index contributed by atoms with van der Waals surface area (Å²) >= 11 is 0. The Bertz CT molecular complexity index is 742. The van der Waals surface area contributed by atoms with Gasteiger partial charge in [-0.15, -0.1) is 0 Å². The van der Waals surface area contributed by atoms with Gasteiger partial charge < -0.3 is 9.88 Å². The third-order valence-electron chi connectivity index (χ3n) is 5.51. The number of imidazole rings is 1. The molecule has 0 unspecified atom stereocenters. The van der Waals surface area contributed by atoms with Crippen molar-refractivity contribution in [2.45, 2.75) is 98.4 Å². The number of rotatable bonds is 13. The Balaban J connectivity index is 1.84. The SMILES string of the molecule is CCCCCCCCCCn1c(CCCNC(=O)C(C)(C)C)nc2ccccc21. The minimum atomic E-state index is -0.330. The molecule has 0 saturated carbocycles. The van der Waals surface area contributed by atoms with Crippen molar-refractivity contribution in [3.63, 3.8) is 0 Å². The summed E-state index contributed by atoms with van der Waals surface area (Å²) in [6, 6.07) is 8.44. The first-order valence-electron chi connectivity index (χ1n) is 11.7. The molecule has 1 aromatic heterocycles. The molecule has 0 bridgehead atoms. The van der Waals surface area contributed by atoms with Crippen molar-refractivity contribution < 1.29 is 4.79 Å². The van der Waals surface area contributed by atoms with Gasteiger partial charge in [0.2, 0.25) is 5.91 Å². The number of fused-ring (bicyclic) bond motifs is 1. The lowest BCUT2D eigenvalue weighted by molar-refractivity contribution is -0.128. The van der Waals surface area contributed by atoms with Crippen LogP contribution in [0.5, 0.6) is 0 Å². The molecule has 29 heavy (non-hydrogen) atoms. The van der Waals surface area contributed by atoms with Gasteiger partial charge in [-0.05, 0) is 25.0 Å². The minimum Gasteiger partial charge on any atom is -0.356 e. The van der Waals surface area contributed by atoms with Crippen molar-refractivity contribution in [3.8, 4) is 0 Å². The molecule has 4 heteroatoms. The number of aromatic nitrogens is 2. The Hall–Kier alpha value is -1.84. The van der Waals surface area contributed by atoms with Gasteiger partial charge in [0.1, 0.15) is 5.82 Å². The van der Waals surface area contributed by atoms with E-state index in [-0.39, 0.29) is 11.3 Å². The molecule has 0 saturated heterocycles. The Morgan fingerprint density at radius 3 is 2.31 bits per heavy atom. The summed E-state index contributed by atoms with van der Waals surface area (Å²) < 4.78 is 2.40. The largest absolute Gasteiger partial charge is 0.356 e. The van der Waals surface area contributed by atoms with Crippen LogP contribution in [0.1, 0.15) is 91.3 Å². The second-order valence-corrected chi connectivity index (χ2v) is 9.25. The second-order valence-electron chi connectivity index (χ2n) is 9.25. The van der Waals surface area contributed by atoms with Crippen molar-refractivity contribution in [2.75, 3.05) is 6.54 Å². The molecule has 2 aromatic rings. The van der Waals surface area contributed by atoms with Crippen LogP contribution in [0, 0.1) is 5.41 Å². The molecule has 1 N–H and O–H groups in total. The molecule has 0 aliphatic heterocycles. The minimum absolute atomic E-state index is 0.116. The average molecular weight is 400 g/mol. The van der Waals surface area contributed by atoms with E-state index in [2.05, 4.69) is 41.1 Å². The molecule has 0 aliphatic carbocycles. The molecule has 0 atom stereocenters. The molecule has 1 amide bonds. The lowest BCUT2D eigenvalue weighted by atomic mass is 9.96. The van der Waals surface area contributed by atoms with Gasteiger partial charge in [-0.3, -0.25) is 4.79 Å². The highest BCUT2D eigenvalue weighted by atomic mass is 16.2. The Morgan fingerprint density at radius 1 is 0.966 bits per heavy atom. The molecule has 0 spiro atoms. The molecule has 1 aromatic carbocycles. The van der Waals surface area contributed by atoms with Crippen molar-refractivity contribution in [3.05, 3.63) is 30.1 Å². The zero-order valence-corrected chi connectivity index (χ0v) is 19.1. The number of nitrogens with zero attached hydrogens (tertiary/aromatic N) is 2. The average Bonchev–Trinajstić information content (AvgIpc) is 3.04. The van der Waals surface area contributed by atoms with Gasteiger partial charge in [0, 0.05) is 24.9 Å². The maximum atomic E-state index is 12.0. The number of amides is 1. The summed E-state index contributed by atoms with van der Waals surface area (Å²) in [6.45, 7) is 9.87. The van der Waals surface area contributed by atoms with Crippen LogP contribution in [0.2, 0.25) is 0 Å². The monoisotopic (exact) mass is 399 g/mol. The highest BCUT2D eigenvalue weighted by molar-refractivity contribution is 5.81. The van der Waals surface area contributed by atoms with Gasteiger partial charge in [-0.2, -0.15) is 0 Å². The Labute approximate surface area is 177 Å². The van der Waals surface area contributed by atoms with Crippen LogP contribution in [0.25, 0.3) is 11.0 Å². The normalized spacial score (nSPS) is 11.9. The standard InChI is InChI=1S/C25H41N3O/c1-5-6-7-8-9-10-11-14-20-28-22-17-13-12-16-21(22)27-23(28)18-15-19-26-24(29)25(2,3)4/h12-13,16-17H,5-11,14-15,18-20H2,1-4H3,(H,26,29). The first-order chi connectivity index (χ1) is 13.9. The maximum Gasteiger partial charge on any atom is 0.225 e. The smallest absolute Gasteiger partial charge is 0.225 e. The van der Waals surface area contributed by atoms with Crippen LogP contribution in [-0.2, 0) is 17.8 Å². The van der Waals surface area contributed by atoms with E-state index in [4.69, 9.17) is 4.98 Å². The van der Waals surface area contributed by atoms with Crippen molar-refractivity contribution >= 4 is 16.9 Å². The molecule has 0 radical (unpaired) electrons. The number of para-hydroxylation sites is 2. The molecule has 0 aliphatic rings. The number of unbranched alkanes of at least 4 members (excludes halogenated alkanes) is 7. The third-order valence-corrected chi connectivity index (χ3v) is 5.51. The maximum absolute atomic E-state index is 12.0. The van der Waals surface area contributed by atoms with E-state index < -0.39 is 0 Å². The number of benzene rings is 1. The van der Waals surface area contributed by atoms with E-state index in [0.717, 1.165) is 30.7 Å². The van der Waals surface area contributed by atoms with Crippen LogP contribution in [0.15, 0.2) is 24.3 Å². The van der Waals surface area contributed by atoms with E-state index in [1.807, 2.05) is 20.8 Å². The summed E-state index contributed by atoms with van der Waals surface area (Å²) in [6.07, 6.45) is 12.5. The molecule has 0 fully saturated rings. The van der Waals surface area contributed by atoms with E-state index in [9.17, 15) is 4.79 Å². The zero-order chi connectivity index (χ0) is 21.1. The summed E-state index contributed by atoms with van der Waals surface area (Å²) in [4.78, 5) is 16.9. The van der Waals surface area contributed by atoms with Crippen molar-refractivity contribution in [1.29, 1.82) is 0 Å². The lowest BCUT2D eigenvalue weighted by Gasteiger charge is -2.17. The van der Waals surface area contributed by atoms with E-state index >= 15 is 0 Å². The van der Waals surface area contributed by atoms with Gasteiger partial charge in [0.25, 0.3) is 0 Å². The first-order valence-corrected chi connectivity index (χ1v) is 11.7. The van der Waals surface area contributed by atoms with Crippen LogP contribution in [0.3, 0.4) is 0 Å². The van der Waals surface area contributed by atoms with Crippen molar-refractivity contribution in [2.24, 2.45) is 5.41 Å². The highest BCUT2D eigenvalue weighted by Crippen LogP contribution is 2.19. The molecular weight excluding hydrogens is 358 g/mol. The van der Waals surface area contributed by atoms with E-state index in [1.165, 1.54) is 56.9 Å². The van der Waals surface area contributed by atoms with Crippen LogP contribution in [0.4, 0.5) is 0 Å². The fourth-order valence-corrected chi connectivity index (χ4v) is 3.68. The molecule has 4 nitrogen and oxygen atoms in total. The Morgan fingerprint density at radius 2 is 1.62 bits per heavy atom. The van der Waals surface area contributed by atoms with Gasteiger partial charge in [0.05, 0.1) is 11.0 Å². The van der Waals surface area contributed by atoms with Crippen LogP contribution in [-0.4, -0.2) is 22.0 Å². The van der Waals surface area contributed by atoms with Gasteiger partial charge >= 0.3 is 0 Å². The van der Waals surface area contributed by atoms with Crippen LogP contribution >= 0.6 is 0 Å². The van der Waals surface area contributed by atoms with Gasteiger partial charge in [-0.1, -0.05) is 84.8 Å². The summed E-state index contributed by atoms with van der Waals surface area (Å²) in [5, 5.41) is 3.05. The zero-order valence-electron chi connectivity index (χ0n) is 19.1. The van der Waals surface area contributed by atoms with E-state index in [1.54, 1.807) is 0 Å². The number of carbonyl (C=O) groups is 1. The fraction of sp³-hybridized carbons (Fsp3) is 0.680. The number of nitrogens with one attached hydrogen (secondary N) is 1. The number of carbonyl (C=O) groups excluding carboxylic acids is 1. The quantitative estimate of drug-likeness (QED) is 0.403. The van der Waals surface area contributed by atoms with E-state index in [0.29, 0.717) is 6.54 Å². The molecular formula is C25H41N3O. The number of hydrogen-bond acceptors (Lipinski definition) is 2. The lowest BCUT2D eigenvalue weighted by Crippen LogP contribution is -2.35. The summed E-state index contributed by atoms with van der Waals surface area (Å²) in [5.41, 5.74) is 1.99. The fourth-order valence-electron chi connectivity index (χ4n) is 3.68. The topological polar surface area (TPSA) is 46.9 Å².